The molecule has 0 bridgehead atoms. The van der Waals surface area contributed by atoms with Gasteiger partial charge in [-0.05, 0) is 31.2 Å². The number of aromatic nitrogens is 4. The van der Waals surface area contributed by atoms with Crippen LogP contribution in [0.15, 0.2) is 34.8 Å². The molecule has 0 aliphatic rings. The molecule has 3 rings (SSSR count). The maximum absolute atomic E-state index is 5.84. The van der Waals surface area contributed by atoms with Crippen molar-refractivity contribution in [1.82, 2.24) is 20.2 Å². The molecule has 0 saturated heterocycles. The van der Waals surface area contributed by atoms with Crippen molar-refractivity contribution >= 4 is 34.7 Å². The number of hydrogen-bond donors (Lipinski definition) is 1. The maximum atomic E-state index is 5.84. The van der Waals surface area contributed by atoms with Crippen molar-refractivity contribution in [2.24, 2.45) is 0 Å². The summed E-state index contributed by atoms with van der Waals surface area (Å²) in [5.74, 6) is 2.35. The Kier molecular flexibility index (Phi) is 4.97. The van der Waals surface area contributed by atoms with Gasteiger partial charge in [-0.3, -0.25) is 5.10 Å². The average Bonchev–Trinajstić information content (AvgIpc) is 3.13. The summed E-state index contributed by atoms with van der Waals surface area (Å²) in [6.45, 7) is 2.34. The van der Waals surface area contributed by atoms with Crippen LogP contribution < -0.4 is 4.74 Å². The Morgan fingerprint density at radius 1 is 1.27 bits per heavy atom. The molecule has 0 spiro atoms. The number of thiazole rings is 1. The van der Waals surface area contributed by atoms with E-state index in [2.05, 4.69) is 20.2 Å². The molecule has 0 unspecified atom stereocenters. The third kappa shape index (κ3) is 4.22. The van der Waals surface area contributed by atoms with Crippen molar-refractivity contribution in [3.63, 3.8) is 0 Å². The first-order valence-corrected chi connectivity index (χ1v) is 8.77. The summed E-state index contributed by atoms with van der Waals surface area (Å²) in [5, 5.41) is 11.3. The zero-order chi connectivity index (χ0) is 15.4. The number of nitrogens with one attached hydrogen (secondary N) is 1. The minimum Gasteiger partial charge on any atom is -0.486 e. The van der Waals surface area contributed by atoms with E-state index < -0.39 is 0 Å². The van der Waals surface area contributed by atoms with Crippen molar-refractivity contribution in [3.05, 3.63) is 51.2 Å². The van der Waals surface area contributed by atoms with Crippen LogP contribution in [0.2, 0.25) is 5.02 Å². The van der Waals surface area contributed by atoms with Crippen molar-refractivity contribution in [2.75, 3.05) is 0 Å². The van der Waals surface area contributed by atoms with Gasteiger partial charge in [0, 0.05) is 16.2 Å². The fourth-order valence-electron chi connectivity index (χ4n) is 1.68. The minimum absolute atomic E-state index is 0.455. The predicted octanol–water partition coefficient (Wildman–Crippen LogP) is 4.09. The Hall–Kier alpha value is -1.57. The molecule has 114 valence electrons. The quantitative estimate of drug-likeness (QED) is 0.677. The molecule has 0 fully saturated rings. The van der Waals surface area contributed by atoms with Gasteiger partial charge in [0.2, 0.25) is 5.16 Å². The first-order valence-electron chi connectivity index (χ1n) is 6.52. The lowest BCUT2D eigenvalue weighted by Crippen LogP contribution is -1.95. The van der Waals surface area contributed by atoms with Gasteiger partial charge in [-0.25, -0.2) is 9.97 Å². The molecular formula is C14H13ClN4OS2. The molecule has 0 aliphatic heterocycles. The number of thioether (sulfide) groups is 1. The van der Waals surface area contributed by atoms with Crippen LogP contribution in [0.5, 0.6) is 5.75 Å². The fourth-order valence-corrected chi connectivity index (χ4v) is 3.36. The Bertz CT molecular complexity index is 741. The fraction of sp³-hybridized carbons (Fsp3) is 0.214. The number of benzene rings is 1. The topological polar surface area (TPSA) is 63.7 Å². The lowest BCUT2D eigenvalue weighted by molar-refractivity contribution is 0.305. The highest BCUT2D eigenvalue weighted by molar-refractivity contribution is 7.98. The summed E-state index contributed by atoms with van der Waals surface area (Å²) < 4.78 is 5.68. The summed E-state index contributed by atoms with van der Waals surface area (Å²) >= 11 is 8.99. The van der Waals surface area contributed by atoms with Gasteiger partial charge in [0.25, 0.3) is 0 Å². The molecule has 3 aromatic rings. The van der Waals surface area contributed by atoms with Crippen LogP contribution in [0.4, 0.5) is 0 Å². The summed E-state index contributed by atoms with van der Waals surface area (Å²) in [5.41, 5.74) is 1.01. The Labute approximate surface area is 141 Å². The molecular weight excluding hydrogens is 340 g/mol. The Balaban J connectivity index is 1.51. The van der Waals surface area contributed by atoms with Crippen molar-refractivity contribution in [2.45, 2.75) is 24.4 Å². The van der Waals surface area contributed by atoms with E-state index in [1.54, 1.807) is 35.2 Å². The van der Waals surface area contributed by atoms with Crippen LogP contribution >= 0.6 is 34.7 Å². The van der Waals surface area contributed by atoms with Gasteiger partial charge >= 0.3 is 0 Å². The number of aromatic amines is 1. The number of hydrogen-bond acceptors (Lipinski definition) is 6. The second kappa shape index (κ2) is 7.13. The molecule has 0 saturated carbocycles. The SMILES string of the molecule is Cc1nc(SCc2csc(COc3ccc(Cl)cc3)n2)n[nH]1. The van der Waals surface area contributed by atoms with Crippen LogP contribution in [-0.2, 0) is 12.4 Å². The van der Waals surface area contributed by atoms with E-state index in [0.717, 1.165) is 33.2 Å². The molecule has 1 aromatic carbocycles. The van der Waals surface area contributed by atoms with Gasteiger partial charge in [0.05, 0.1) is 5.69 Å². The first-order chi connectivity index (χ1) is 10.7. The molecule has 5 nitrogen and oxygen atoms in total. The zero-order valence-corrected chi connectivity index (χ0v) is 14.1. The van der Waals surface area contributed by atoms with E-state index in [9.17, 15) is 0 Å². The average molecular weight is 353 g/mol. The van der Waals surface area contributed by atoms with E-state index in [0.29, 0.717) is 11.6 Å². The highest BCUT2D eigenvalue weighted by Crippen LogP contribution is 2.22. The number of ether oxygens (including phenoxy) is 1. The molecule has 2 aromatic heterocycles. The molecule has 0 radical (unpaired) electrons. The number of halogens is 1. The molecule has 1 N–H and O–H groups in total. The highest BCUT2D eigenvalue weighted by Gasteiger charge is 2.06. The monoisotopic (exact) mass is 352 g/mol. The molecule has 22 heavy (non-hydrogen) atoms. The van der Waals surface area contributed by atoms with Gasteiger partial charge in [-0.2, -0.15) is 0 Å². The minimum atomic E-state index is 0.455. The highest BCUT2D eigenvalue weighted by atomic mass is 35.5. The van der Waals surface area contributed by atoms with E-state index in [-0.39, 0.29) is 0 Å². The lowest BCUT2D eigenvalue weighted by Gasteiger charge is -2.03. The van der Waals surface area contributed by atoms with Crippen LogP contribution in [0, 0.1) is 6.92 Å². The standard InChI is InChI=1S/C14H13ClN4OS2/c1-9-16-14(19-18-9)22-8-11-7-21-13(17-11)6-20-12-4-2-10(15)3-5-12/h2-5,7H,6,8H2,1H3,(H,16,18,19). The van der Waals surface area contributed by atoms with Crippen LogP contribution in [-0.4, -0.2) is 20.2 Å². The molecule has 0 atom stereocenters. The third-order valence-electron chi connectivity index (χ3n) is 2.70. The first kappa shape index (κ1) is 15.3. The van der Waals surface area contributed by atoms with E-state index in [1.807, 2.05) is 24.4 Å². The molecule has 2 heterocycles. The van der Waals surface area contributed by atoms with Gasteiger partial charge in [-0.15, -0.1) is 16.4 Å². The van der Waals surface area contributed by atoms with Crippen molar-refractivity contribution in [1.29, 1.82) is 0 Å². The molecule has 0 amide bonds. The van der Waals surface area contributed by atoms with Gasteiger partial charge in [0.15, 0.2) is 0 Å². The smallest absolute Gasteiger partial charge is 0.208 e. The summed E-state index contributed by atoms with van der Waals surface area (Å²) in [4.78, 5) is 8.80. The van der Waals surface area contributed by atoms with Gasteiger partial charge in [0.1, 0.15) is 23.2 Å². The predicted molar refractivity (Wildman–Crippen MR) is 88.6 cm³/mol. The molecule has 8 heteroatoms. The summed E-state index contributed by atoms with van der Waals surface area (Å²) in [7, 11) is 0. The molecule has 0 aliphatic carbocycles. The summed E-state index contributed by atoms with van der Waals surface area (Å²) in [6.07, 6.45) is 0. The van der Waals surface area contributed by atoms with Gasteiger partial charge in [-0.1, -0.05) is 23.4 Å². The second-order valence-corrected chi connectivity index (χ2v) is 6.79. The largest absolute Gasteiger partial charge is 0.486 e. The number of nitrogens with zero attached hydrogens (tertiary/aromatic N) is 3. The van der Waals surface area contributed by atoms with E-state index in [1.165, 1.54) is 0 Å². The Morgan fingerprint density at radius 2 is 2.09 bits per heavy atom. The second-order valence-electron chi connectivity index (χ2n) is 4.47. The van der Waals surface area contributed by atoms with Crippen molar-refractivity contribution < 1.29 is 4.74 Å². The number of rotatable bonds is 6. The number of H-pyrrole nitrogens is 1. The van der Waals surface area contributed by atoms with Crippen LogP contribution in [0.3, 0.4) is 0 Å². The third-order valence-corrected chi connectivity index (χ3v) is 4.71. The van der Waals surface area contributed by atoms with Crippen LogP contribution in [0.25, 0.3) is 0 Å². The normalized spacial score (nSPS) is 10.8. The van der Waals surface area contributed by atoms with Crippen LogP contribution in [0.1, 0.15) is 16.5 Å². The van der Waals surface area contributed by atoms with E-state index in [4.69, 9.17) is 16.3 Å². The Morgan fingerprint density at radius 3 is 2.82 bits per heavy atom. The number of aryl methyl sites for hydroxylation is 1. The van der Waals surface area contributed by atoms with Crippen molar-refractivity contribution in [3.8, 4) is 5.75 Å². The van der Waals surface area contributed by atoms with Gasteiger partial charge < -0.3 is 4.74 Å². The van der Waals surface area contributed by atoms with E-state index >= 15 is 0 Å². The maximum Gasteiger partial charge on any atom is 0.208 e. The zero-order valence-electron chi connectivity index (χ0n) is 11.7. The lowest BCUT2D eigenvalue weighted by atomic mass is 10.3. The summed E-state index contributed by atoms with van der Waals surface area (Å²) in [6, 6.07) is 7.30.